The number of benzene rings is 2. The Bertz CT molecular complexity index is 1320. The molecule has 4 atom stereocenters. The number of hydrogen-bond donors (Lipinski definition) is 1. The SMILES string of the molecule is CC/C(=C\c1ccccc1O)CC[C@H]1OC[C@H]2C1=C(COc1ccccc1)C[C@H]1C(=O)N(C(=O)OC)C(=O)[C@H]12. The van der Waals surface area contributed by atoms with Crippen molar-refractivity contribution in [2.75, 3.05) is 20.3 Å². The average Bonchev–Trinajstić information content (AvgIpc) is 3.49. The first-order valence-electron chi connectivity index (χ1n) is 13.4. The number of hydrogen-bond acceptors (Lipinski definition) is 7. The number of imide groups is 3. The van der Waals surface area contributed by atoms with Crippen molar-refractivity contribution in [2.45, 2.75) is 38.7 Å². The van der Waals surface area contributed by atoms with Crippen LogP contribution in [0, 0.1) is 17.8 Å². The van der Waals surface area contributed by atoms with E-state index in [-0.39, 0.29) is 24.4 Å². The van der Waals surface area contributed by atoms with Crippen LogP contribution in [0.3, 0.4) is 0 Å². The number of likely N-dealkylation sites (tertiary alicyclic amines) is 1. The average molecular weight is 532 g/mol. The van der Waals surface area contributed by atoms with Crippen molar-refractivity contribution in [3.05, 3.63) is 76.9 Å². The van der Waals surface area contributed by atoms with E-state index in [0.29, 0.717) is 30.1 Å². The summed E-state index contributed by atoms with van der Waals surface area (Å²) in [5.41, 5.74) is 3.90. The third-order valence-corrected chi connectivity index (χ3v) is 8.00. The van der Waals surface area contributed by atoms with Crippen LogP contribution in [0.2, 0.25) is 0 Å². The molecule has 2 aliphatic heterocycles. The summed E-state index contributed by atoms with van der Waals surface area (Å²) in [6.07, 6.45) is 3.41. The summed E-state index contributed by atoms with van der Waals surface area (Å²) >= 11 is 0. The molecule has 204 valence electrons. The maximum absolute atomic E-state index is 13.3. The molecule has 3 aliphatic rings. The van der Waals surface area contributed by atoms with Crippen LogP contribution < -0.4 is 4.74 Å². The molecule has 1 aliphatic carbocycles. The van der Waals surface area contributed by atoms with Gasteiger partial charge in [0.05, 0.1) is 31.7 Å². The summed E-state index contributed by atoms with van der Waals surface area (Å²) in [6.45, 7) is 2.65. The molecule has 0 radical (unpaired) electrons. The largest absolute Gasteiger partial charge is 0.507 e. The third-order valence-electron chi connectivity index (χ3n) is 8.00. The van der Waals surface area contributed by atoms with Crippen molar-refractivity contribution >= 4 is 24.0 Å². The molecular formula is C31H33NO7. The Morgan fingerprint density at radius 2 is 1.82 bits per heavy atom. The van der Waals surface area contributed by atoms with Crippen molar-refractivity contribution in [2.24, 2.45) is 17.8 Å². The van der Waals surface area contributed by atoms with Gasteiger partial charge in [-0.15, -0.1) is 0 Å². The van der Waals surface area contributed by atoms with Crippen LogP contribution in [-0.2, 0) is 19.1 Å². The maximum atomic E-state index is 13.3. The van der Waals surface area contributed by atoms with Crippen molar-refractivity contribution in [3.63, 3.8) is 0 Å². The zero-order chi connectivity index (χ0) is 27.5. The van der Waals surface area contributed by atoms with Gasteiger partial charge in [0.25, 0.3) is 0 Å². The quantitative estimate of drug-likeness (QED) is 0.372. The monoisotopic (exact) mass is 531 g/mol. The van der Waals surface area contributed by atoms with E-state index in [4.69, 9.17) is 14.2 Å². The first-order valence-corrected chi connectivity index (χ1v) is 13.4. The van der Waals surface area contributed by atoms with Gasteiger partial charge < -0.3 is 19.3 Å². The summed E-state index contributed by atoms with van der Waals surface area (Å²) < 4.78 is 17.1. The molecule has 0 unspecified atom stereocenters. The number of nitrogens with zero attached hydrogens (tertiary/aromatic N) is 1. The van der Waals surface area contributed by atoms with Crippen molar-refractivity contribution < 1.29 is 33.7 Å². The Kier molecular flexibility index (Phi) is 7.84. The Morgan fingerprint density at radius 3 is 2.54 bits per heavy atom. The lowest BCUT2D eigenvalue weighted by Crippen LogP contribution is -2.38. The molecule has 2 aromatic rings. The van der Waals surface area contributed by atoms with E-state index in [9.17, 15) is 19.5 Å². The second-order valence-electron chi connectivity index (χ2n) is 10.2. The fourth-order valence-electron chi connectivity index (χ4n) is 6.06. The van der Waals surface area contributed by atoms with Crippen molar-refractivity contribution in [3.8, 4) is 11.5 Å². The van der Waals surface area contributed by atoms with Crippen LogP contribution in [-0.4, -0.2) is 54.3 Å². The fraction of sp³-hybridized carbons (Fsp3) is 0.387. The third kappa shape index (κ3) is 5.21. The highest BCUT2D eigenvalue weighted by molar-refractivity contribution is 6.16. The number of para-hydroxylation sites is 2. The summed E-state index contributed by atoms with van der Waals surface area (Å²) in [4.78, 5) is 39.4. The second kappa shape index (κ2) is 11.5. The molecule has 2 saturated heterocycles. The predicted octanol–water partition coefficient (Wildman–Crippen LogP) is 5.13. The molecule has 1 N–H and O–H groups in total. The molecule has 0 bridgehead atoms. The lowest BCUT2D eigenvalue weighted by molar-refractivity contribution is -0.137. The Hall–Kier alpha value is -3.91. The number of methoxy groups -OCH3 is 1. The topological polar surface area (TPSA) is 102 Å². The smallest absolute Gasteiger partial charge is 0.423 e. The van der Waals surface area contributed by atoms with Gasteiger partial charge in [-0.25, -0.2) is 4.79 Å². The molecule has 2 aromatic carbocycles. The highest BCUT2D eigenvalue weighted by Crippen LogP contribution is 2.50. The molecule has 39 heavy (non-hydrogen) atoms. The van der Waals surface area contributed by atoms with E-state index in [1.54, 1.807) is 12.1 Å². The van der Waals surface area contributed by atoms with E-state index < -0.39 is 29.7 Å². The van der Waals surface area contributed by atoms with E-state index in [0.717, 1.165) is 36.7 Å². The normalized spacial score (nSPS) is 24.6. The molecule has 3 amide bonds. The summed E-state index contributed by atoms with van der Waals surface area (Å²) in [7, 11) is 1.16. The van der Waals surface area contributed by atoms with Gasteiger partial charge in [0.1, 0.15) is 18.1 Å². The van der Waals surface area contributed by atoms with Gasteiger partial charge >= 0.3 is 6.09 Å². The van der Waals surface area contributed by atoms with Crippen LogP contribution in [0.1, 0.15) is 38.2 Å². The van der Waals surface area contributed by atoms with Crippen LogP contribution in [0.15, 0.2) is 71.3 Å². The van der Waals surface area contributed by atoms with Crippen molar-refractivity contribution in [1.29, 1.82) is 0 Å². The summed E-state index contributed by atoms with van der Waals surface area (Å²) in [6, 6.07) is 16.7. The zero-order valence-electron chi connectivity index (χ0n) is 22.2. The van der Waals surface area contributed by atoms with Crippen LogP contribution in [0.5, 0.6) is 11.5 Å². The predicted molar refractivity (Wildman–Crippen MR) is 144 cm³/mol. The van der Waals surface area contributed by atoms with Gasteiger partial charge in [-0.05, 0) is 55.0 Å². The number of carbonyl (C=O) groups excluding carboxylic acids is 3. The minimum absolute atomic E-state index is 0.236. The molecule has 2 heterocycles. The molecule has 0 spiro atoms. The first-order chi connectivity index (χ1) is 18.9. The van der Waals surface area contributed by atoms with Gasteiger partial charge in [0.2, 0.25) is 11.8 Å². The number of amides is 3. The number of phenolic OH excluding ortho intramolecular Hbond substituents is 1. The number of allylic oxidation sites excluding steroid dienone is 1. The fourth-order valence-corrected chi connectivity index (χ4v) is 6.06. The summed E-state index contributed by atoms with van der Waals surface area (Å²) in [5, 5.41) is 10.2. The van der Waals surface area contributed by atoms with E-state index in [1.807, 2.05) is 48.5 Å². The van der Waals surface area contributed by atoms with Gasteiger partial charge in [-0.2, -0.15) is 4.90 Å². The number of carbonyl (C=O) groups is 3. The number of ether oxygens (including phenoxy) is 3. The standard InChI is InChI=1S/C31H33NO7/c1-3-19(15-20-9-7-8-12-25(20)33)13-14-26-27-21(17-38-22-10-5-4-6-11-22)16-23-28(24(27)18-39-26)30(35)32(29(23)34)31(36)37-2/h4-12,15,23-24,26,28,33H,3,13-14,16-18H2,1-2H3/b19-15+/t23-,24+,26-,28-/m1/s1. The van der Waals surface area contributed by atoms with Crippen LogP contribution >= 0.6 is 0 Å². The summed E-state index contributed by atoms with van der Waals surface area (Å²) in [5.74, 6) is -1.68. The molecule has 0 saturated carbocycles. The van der Waals surface area contributed by atoms with E-state index in [2.05, 4.69) is 6.92 Å². The molecular weight excluding hydrogens is 498 g/mol. The highest BCUT2D eigenvalue weighted by atomic mass is 16.5. The first kappa shape index (κ1) is 26.7. The number of rotatable bonds is 8. The lowest BCUT2D eigenvalue weighted by Gasteiger charge is -2.31. The van der Waals surface area contributed by atoms with Crippen LogP contribution in [0.4, 0.5) is 4.79 Å². The minimum atomic E-state index is -0.944. The number of phenols is 1. The van der Waals surface area contributed by atoms with Crippen molar-refractivity contribution in [1.82, 2.24) is 4.90 Å². The Balaban J connectivity index is 1.42. The molecule has 8 heteroatoms. The minimum Gasteiger partial charge on any atom is -0.507 e. The maximum Gasteiger partial charge on any atom is 0.423 e. The second-order valence-corrected chi connectivity index (χ2v) is 10.2. The molecule has 5 rings (SSSR count). The molecule has 2 fully saturated rings. The van der Waals surface area contributed by atoms with Gasteiger partial charge in [0, 0.05) is 11.5 Å². The van der Waals surface area contributed by atoms with E-state index in [1.165, 1.54) is 5.57 Å². The lowest BCUT2D eigenvalue weighted by atomic mass is 9.69. The Morgan fingerprint density at radius 1 is 1.08 bits per heavy atom. The molecule has 8 nitrogen and oxygen atoms in total. The number of fused-ring (bicyclic) bond motifs is 3. The zero-order valence-corrected chi connectivity index (χ0v) is 22.2. The number of aromatic hydroxyl groups is 1. The highest BCUT2D eigenvalue weighted by Gasteiger charge is 2.59. The molecule has 0 aromatic heterocycles. The van der Waals surface area contributed by atoms with E-state index >= 15 is 0 Å². The Labute approximate surface area is 227 Å². The van der Waals surface area contributed by atoms with Gasteiger partial charge in [-0.1, -0.05) is 55.0 Å². The van der Waals surface area contributed by atoms with Crippen LogP contribution in [0.25, 0.3) is 6.08 Å². The van der Waals surface area contributed by atoms with Gasteiger partial charge in [-0.3, -0.25) is 9.59 Å². The van der Waals surface area contributed by atoms with Gasteiger partial charge in [0.15, 0.2) is 0 Å².